The summed E-state index contributed by atoms with van der Waals surface area (Å²) in [5, 5.41) is 6.46. The van der Waals surface area contributed by atoms with E-state index in [0.29, 0.717) is 35.9 Å². The number of halogens is 1. The maximum Gasteiger partial charge on any atom is 0.254 e. The summed E-state index contributed by atoms with van der Waals surface area (Å²) < 4.78 is 22.9. The molecule has 0 aliphatic carbocycles. The van der Waals surface area contributed by atoms with Gasteiger partial charge in [-0.05, 0) is 30.5 Å². The number of benzene rings is 1. The Morgan fingerprint density at radius 1 is 1.27 bits per heavy atom. The van der Waals surface area contributed by atoms with E-state index in [4.69, 9.17) is 11.6 Å². The molecule has 138 valence electrons. The van der Waals surface area contributed by atoms with Gasteiger partial charge in [-0.3, -0.25) is 4.79 Å². The summed E-state index contributed by atoms with van der Waals surface area (Å²) in [6.45, 7) is 0.471. The molecule has 2 N–H and O–H groups in total. The molecular weight excluding hydrogens is 376 g/mol. The van der Waals surface area contributed by atoms with Crippen LogP contribution in [0.25, 0.3) is 0 Å². The van der Waals surface area contributed by atoms with Crippen molar-refractivity contribution in [1.29, 1.82) is 0 Å². The molecule has 3 rings (SSSR count). The number of rotatable bonds is 6. The van der Waals surface area contributed by atoms with Gasteiger partial charge in [0.15, 0.2) is 9.84 Å². The lowest BCUT2D eigenvalue weighted by Gasteiger charge is -2.10. The van der Waals surface area contributed by atoms with E-state index >= 15 is 0 Å². The van der Waals surface area contributed by atoms with Gasteiger partial charge in [0.25, 0.3) is 5.91 Å². The van der Waals surface area contributed by atoms with Gasteiger partial charge in [0.2, 0.25) is 5.95 Å². The van der Waals surface area contributed by atoms with Crippen molar-refractivity contribution in [1.82, 2.24) is 15.3 Å². The highest BCUT2D eigenvalue weighted by Gasteiger charge is 2.28. The zero-order valence-electron chi connectivity index (χ0n) is 14.0. The molecule has 1 fully saturated rings. The largest absolute Gasteiger partial charge is 0.352 e. The number of amides is 1. The monoisotopic (exact) mass is 394 g/mol. The van der Waals surface area contributed by atoms with Gasteiger partial charge in [-0.15, -0.1) is 0 Å². The Labute approximate surface area is 157 Å². The number of nitrogens with one attached hydrogen (secondary N) is 2. The summed E-state index contributed by atoms with van der Waals surface area (Å²) in [6, 6.07) is 7.30. The predicted molar refractivity (Wildman–Crippen MR) is 100 cm³/mol. The van der Waals surface area contributed by atoms with E-state index in [1.54, 1.807) is 6.07 Å². The molecule has 0 bridgehead atoms. The highest BCUT2D eigenvalue weighted by Crippen LogP contribution is 2.15. The third-order valence-corrected chi connectivity index (χ3v) is 6.07. The minimum Gasteiger partial charge on any atom is -0.352 e. The number of hydrogen-bond acceptors (Lipinski definition) is 6. The molecule has 7 nitrogen and oxygen atoms in total. The molecule has 9 heteroatoms. The highest BCUT2D eigenvalue weighted by molar-refractivity contribution is 7.91. The average Bonchev–Trinajstić information content (AvgIpc) is 2.94. The van der Waals surface area contributed by atoms with Crippen molar-refractivity contribution in [3.63, 3.8) is 0 Å². The Morgan fingerprint density at radius 3 is 2.69 bits per heavy atom. The summed E-state index contributed by atoms with van der Waals surface area (Å²) in [5.74, 6) is 0.324. The molecule has 0 radical (unpaired) electrons. The Balaban J connectivity index is 1.49. The fraction of sp³-hybridized carbons (Fsp3) is 0.353. The number of aromatic nitrogens is 2. The Morgan fingerprint density at radius 2 is 2.04 bits per heavy atom. The second-order valence-electron chi connectivity index (χ2n) is 6.18. The van der Waals surface area contributed by atoms with E-state index in [-0.39, 0.29) is 23.5 Å². The molecule has 2 heterocycles. The molecule has 1 aliphatic heterocycles. The van der Waals surface area contributed by atoms with E-state index in [2.05, 4.69) is 20.6 Å². The number of hydrogen-bond donors (Lipinski definition) is 2. The van der Waals surface area contributed by atoms with Crippen molar-refractivity contribution in [3.8, 4) is 0 Å². The molecule has 1 aromatic carbocycles. The lowest BCUT2D eigenvalue weighted by molar-refractivity contribution is 0.0953. The van der Waals surface area contributed by atoms with Crippen LogP contribution in [0.5, 0.6) is 0 Å². The number of nitrogens with zero attached hydrogens (tertiary/aromatic N) is 2. The van der Waals surface area contributed by atoms with E-state index in [1.807, 2.05) is 18.2 Å². The molecule has 2 aromatic rings. The third-order valence-electron chi connectivity index (χ3n) is 4.07. The van der Waals surface area contributed by atoms with E-state index in [1.165, 1.54) is 12.4 Å². The van der Waals surface area contributed by atoms with Gasteiger partial charge in [-0.25, -0.2) is 18.4 Å². The highest BCUT2D eigenvalue weighted by atomic mass is 35.5. The third kappa shape index (κ3) is 5.15. The van der Waals surface area contributed by atoms with Crippen LogP contribution in [0.2, 0.25) is 5.02 Å². The first-order chi connectivity index (χ1) is 12.4. The van der Waals surface area contributed by atoms with Crippen molar-refractivity contribution in [2.45, 2.75) is 18.9 Å². The van der Waals surface area contributed by atoms with Crippen molar-refractivity contribution < 1.29 is 13.2 Å². The first-order valence-corrected chi connectivity index (χ1v) is 10.4. The SMILES string of the molecule is O=C(NCCc1cccc(Cl)c1)c1cnc(NC2CCS(=O)(=O)C2)nc1. The molecule has 0 saturated carbocycles. The summed E-state index contributed by atoms with van der Waals surface area (Å²) >= 11 is 5.93. The fourth-order valence-corrected chi connectivity index (χ4v) is 4.61. The second-order valence-corrected chi connectivity index (χ2v) is 8.84. The summed E-state index contributed by atoms with van der Waals surface area (Å²) in [7, 11) is -2.96. The minimum absolute atomic E-state index is 0.0854. The first kappa shape index (κ1) is 18.6. The Kier molecular flexibility index (Phi) is 5.73. The summed E-state index contributed by atoms with van der Waals surface area (Å²) in [5.41, 5.74) is 1.39. The lowest BCUT2D eigenvalue weighted by Crippen LogP contribution is -2.26. The van der Waals surface area contributed by atoms with Crippen LogP contribution < -0.4 is 10.6 Å². The maximum absolute atomic E-state index is 12.1. The van der Waals surface area contributed by atoms with Gasteiger partial charge >= 0.3 is 0 Å². The van der Waals surface area contributed by atoms with Crippen molar-refractivity contribution in [2.24, 2.45) is 0 Å². The number of carbonyl (C=O) groups excluding carboxylic acids is 1. The van der Waals surface area contributed by atoms with E-state index < -0.39 is 9.84 Å². The Hall–Kier alpha value is -2.19. The van der Waals surface area contributed by atoms with Gasteiger partial charge in [-0.2, -0.15) is 0 Å². The van der Waals surface area contributed by atoms with Gasteiger partial charge in [0.05, 0.1) is 17.1 Å². The molecule has 26 heavy (non-hydrogen) atoms. The zero-order valence-corrected chi connectivity index (χ0v) is 15.6. The summed E-state index contributed by atoms with van der Waals surface area (Å²) in [6.07, 6.45) is 4.06. The van der Waals surface area contributed by atoms with E-state index in [9.17, 15) is 13.2 Å². The van der Waals surface area contributed by atoms with Crippen LogP contribution in [0.15, 0.2) is 36.7 Å². The molecular formula is C17H19ClN4O3S. The van der Waals surface area contributed by atoms with Crippen LogP contribution in [-0.4, -0.2) is 48.4 Å². The van der Waals surface area contributed by atoms with Crippen molar-refractivity contribution in [3.05, 3.63) is 52.8 Å². The molecule has 0 spiro atoms. The topological polar surface area (TPSA) is 101 Å². The molecule has 1 aliphatic rings. The second kappa shape index (κ2) is 8.01. The van der Waals surface area contributed by atoms with Gasteiger partial charge < -0.3 is 10.6 Å². The van der Waals surface area contributed by atoms with Crippen LogP contribution in [0.1, 0.15) is 22.3 Å². The van der Waals surface area contributed by atoms with Crippen LogP contribution in [0, 0.1) is 0 Å². The van der Waals surface area contributed by atoms with Crippen LogP contribution in [0.4, 0.5) is 5.95 Å². The average molecular weight is 395 g/mol. The van der Waals surface area contributed by atoms with Gasteiger partial charge in [-0.1, -0.05) is 23.7 Å². The number of sulfone groups is 1. The smallest absolute Gasteiger partial charge is 0.254 e. The first-order valence-electron chi connectivity index (χ1n) is 8.23. The van der Waals surface area contributed by atoms with Crippen LogP contribution in [-0.2, 0) is 16.3 Å². The number of carbonyl (C=O) groups is 1. The molecule has 1 aromatic heterocycles. The standard InChI is InChI=1S/C17H19ClN4O3S/c18-14-3-1-2-12(8-14)4-6-19-16(23)13-9-20-17(21-10-13)22-15-5-7-26(24,25)11-15/h1-3,8-10,15H,4-7,11H2,(H,19,23)(H,20,21,22). The molecule has 1 saturated heterocycles. The minimum atomic E-state index is -2.96. The number of anilines is 1. The Bertz CT molecular complexity index is 887. The molecule has 1 unspecified atom stereocenters. The predicted octanol–water partition coefficient (Wildman–Crippen LogP) is 1.70. The fourth-order valence-electron chi connectivity index (χ4n) is 2.73. The summed E-state index contributed by atoms with van der Waals surface area (Å²) in [4.78, 5) is 20.3. The van der Waals surface area contributed by atoms with Crippen LogP contribution in [0.3, 0.4) is 0 Å². The van der Waals surface area contributed by atoms with Crippen molar-refractivity contribution >= 4 is 33.3 Å². The van der Waals surface area contributed by atoms with Crippen LogP contribution >= 0.6 is 11.6 Å². The quantitative estimate of drug-likeness (QED) is 0.773. The van der Waals surface area contributed by atoms with Crippen molar-refractivity contribution in [2.75, 3.05) is 23.4 Å². The van der Waals surface area contributed by atoms with Gasteiger partial charge in [0, 0.05) is 30.0 Å². The normalized spacial score (nSPS) is 18.4. The van der Waals surface area contributed by atoms with E-state index in [0.717, 1.165) is 5.56 Å². The molecule has 1 amide bonds. The maximum atomic E-state index is 12.1. The lowest BCUT2D eigenvalue weighted by atomic mass is 10.1. The molecule has 1 atom stereocenters. The zero-order chi connectivity index (χ0) is 18.6. The van der Waals surface area contributed by atoms with Gasteiger partial charge in [0.1, 0.15) is 0 Å².